The fraction of sp³-hybridized carbons (Fsp3) is 0.350. The summed E-state index contributed by atoms with van der Waals surface area (Å²) in [5, 5.41) is 0.427. The molecule has 1 heterocycles. The zero-order valence-electron chi connectivity index (χ0n) is 16.5. The third kappa shape index (κ3) is 4.44. The number of hydrogen-bond acceptors (Lipinski definition) is 6. The number of carbonyl (C=O) groups excluding carboxylic acids is 1. The van der Waals surface area contributed by atoms with Crippen LogP contribution in [0.4, 0.5) is 4.39 Å². The Balaban J connectivity index is 1.79. The van der Waals surface area contributed by atoms with Crippen LogP contribution in [0.25, 0.3) is 0 Å². The topological polar surface area (TPSA) is 76.2 Å². The van der Waals surface area contributed by atoms with Crippen LogP contribution in [0.2, 0.25) is 5.02 Å². The molecular formula is C20H22ClFN2O5S. The largest absolute Gasteiger partial charge is 0.494 e. The number of rotatable bonds is 6. The number of benzene rings is 2. The van der Waals surface area contributed by atoms with Crippen molar-refractivity contribution in [2.24, 2.45) is 0 Å². The maximum Gasteiger partial charge on any atom is 0.327 e. The molecule has 2 aromatic rings. The lowest BCUT2D eigenvalue weighted by molar-refractivity contribution is -0.147. The quantitative estimate of drug-likeness (QED) is 0.622. The lowest BCUT2D eigenvalue weighted by atomic mass is 10.0. The van der Waals surface area contributed by atoms with E-state index in [1.165, 1.54) is 30.7 Å². The number of piperazine rings is 1. The summed E-state index contributed by atoms with van der Waals surface area (Å²) in [5.74, 6) is -1.25. The van der Waals surface area contributed by atoms with E-state index in [0.29, 0.717) is 10.6 Å². The molecular weight excluding hydrogens is 435 g/mol. The highest BCUT2D eigenvalue weighted by Gasteiger charge is 2.36. The molecule has 1 unspecified atom stereocenters. The molecule has 0 bridgehead atoms. The molecule has 1 aliphatic heterocycles. The summed E-state index contributed by atoms with van der Waals surface area (Å²) in [5.41, 5.74) is 0.597. The van der Waals surface area contributed by atoms with Crippen molar-refractivity contribution in [1.29, 1.82) is 0 Å². The van der Waals surface area contributed by atoms with Crippen LogP contribution in [-0.2, 0) is 19.6 Å². The molecule has 0 saturated carbocycles. The van der Waals surface area contributed by atoms with Gasteiger partial charge < -0.3 is 9.47 Å². The highest BCUT2D eigenvalue weighted by molar-refractivity contribution is 7.89. The number of nitrogens with zero attached hydrogens (tertiary/aromatic N) is 2. The first kappa shape index (κ1) is 22.5. The van der Waals surface area contributed by atoms with Gasteiger partial charge >= 0.3 is 5.97 Å². The Kier molecular flexibility index (Phi) is 6.97. The van der Waals surface area contributed by atoms with Gasteiger partial charge in [-0.1, -0.05) is 29.8 Å². The first-order valence-electron chi connectivity index (χ1n) is 9.19. The molecule has 7 nitrogen and oxygen atoms in total. The summed E-state index contributed by atoms with van der Waals surface area (Å²) in [6.45, 7) is 0.827. The van der Waals surface area contributed by atoms with E-state index in [-0.39, 0.29) is 36.8 Å². The number of hydrogen-bond donors (Lipinski definition) is 0. The van der Waals surface area contributed by atoms with Crippen LogP contribution in [0.15, 0.2) is 47.4 Å². The van der Waals surface area contributed by atoms with Gasteiger partial charge in [0.25, 0.3) is 0 Å². The summed E-state index contributed by atoms with van der Waals surface area (Å²) in [7, 11) is -1.28. The van der Waals surface area contributed by atoms with Crippen LogP contribution >= 0.6 is 11.6 Å². The van der Waals surface area contributed by atoms with Crippen molar-refractivity contribution in [3.8, 4) is 5.75 Å². The number of sulfonamides is 1. The van der Waals surface area contributed by atoms with E-state index >= 15 is 0 Å². The van der Waals surface area contributed by atoms with Crippen molar-refractivity contribution in [3.05, 3.63) is 58.9 Å². The average molecular weight is 457 g/mol. The minimum absolute atomic E-state index is 0.0283. The van der Waals surface area contributed by atoms with Gasteiger partial charge in [0, 0.05) is 31.2 Å². The third-order valence-electron chi connectivity index (χ3n) is 5.02. The smallest absolute Gasteiger partial charge is 0.327 e. The molecule has 0 spiro atoms. The van der Waals surface area contributed by atoms with Gasteiger partial charge in [0.2, 0.25) is 10.0 Å². The maximum absolute atomic E-state index is 14.0. The third-order valence-corrected chi connectivity index (χ3v) is 7.26. The van der Waals surface area contributed by atoms with Crippen LogP contribution in [0.5, 0.6) is 5.75 Å². The van der Waals surface area contributed by atoms with E-state index in [4.69, 9.17) is 21.1 Å². The highest BCUT2D eigenvalue weighted by atomic mass is 35.5. The summed E-state index contributed by atoms with van der Waals surface area (Å²) < 4.78 is 50.9. The first-order valence-corrected chi connectivity index (χ1v) is 11.0. The van der Waals surface area contributed by atoms with Crippen molar-refractivity contribution in [3.63, 3.8) is 0 Å². The lowest BCUT2D eigenvalue weighted by Crippen LogP contribution is -2.51. The second kappa shape index (κ2) is 9.30. The Labute approximate surface area is 180 Å². The van der Waals surface area contributed by atoms with Gasteiger partial charge in [-0.15, -0.1) is 0 Å². The van der Waals surface area contributed by atoms with Crippen molar-refractivity contribution in [1.82, 2.24) is 9.21 Å². The van der Waals surface area contributed by atoms with Gasteiger partial charge in [-0.3, -0.25) is 4.90 Å². The minimum atomic E-state index is -3.89. The van der Waals surface area contributed by atoms with Crippen molar-refractivity contribution >= 4 is 27.6 Å². The monoisotopic (exact) mass is 456 g/mol. The lowest BCUT2D eigenvalue weighted by Gasteiger charge is -2.37. The number of carbonyl (C=O) groups is 1. The molecule has 0 amide bonds. The SMILES string of the molecule is COC(=O)C(c1ccccc1Cl)N1CCN(S(=O)(=O)c2ccc(OC)c(F)c2)CC1. The van der Waals surface area contributed by atoms with E-state index in [2.05, 4.69) is 0 Å². The molecule has 1 atom stereocenters. The Bertz CT molecular complexity index is 1030. The van der Waals surface area contributed by atoms with Gasteiger partial charge in [0.15, 0.2) is 11.6 Å². The number of esters is 1. The van der Waals surface area contributed by atoms with E-state index in [9.17, 15) is 17.6 Å². The van der Waals surface area contributed by atoms with Crippen LogP contribution in [0.1, 0.15) is 11.6 Å². The van der Waals surface area contributed by atoms with Crippen LogP contribution in [-0.4, -0.2) is 64.0 Å². The predicted octanol–water partition coefficient (Wildman–Crippen LogP) is 2.71. The zero-order chi connectivity index (χ0) is 21.9. The molecule has 2 aromatic carbocycles. The normalized spacial score (nSPS) is 16.8. The number of ether oxygens (including phenoxy) is 2. The molecule has 3 rings (SSSR count). The van der Waals surface area contributed by atoms with Gasteiger partial charge in [-0.05, 0) is 29.8 Å². The standard InChI is InChI=1S/C20H22ClFN2O5S/c1-28-18-8-7-14(13-17(18)22)30(26,27)24-11-9-23(10-12-24)19(20(25)29-2)15-5-3-4-6-16(15)21/h3-8,13,19H,9-12H2,1-2H3. The summed E-state index contributed by atoms with van der Waals surface area (Å²) in [6.07, 6.45) is 0. The predicted molar refractivity (Wildman–Crippen MR) is 109 cm³/mol. The zero-order valence-corrected chi connectivity index (χ0v) is 18.1. The Hall–Kier alpha value is -2.20. The van der Waals surface area contributed by atoms with Gasteiger partial charge in [0.05, 0.1) is 19.1 Å². The minimum Gasteiger partial charge on any atom is -0.494 e. The molecule has 30 heavy (non-hydrogen) atoms. The van der Waals surface area contributed by atoms with Gasteiger partial charge in [-0.2, -0.15) is 4.31 Å². The summed E-state index contributed by atoms with van der Waals surface area (Å²) >= 11 is 6.27. The van der Waals surface area contributed by atoms with Gasteiger partial charge in [0.1, 0.15) is 6.04 Å². The second-order valence-electron chi connectivity index (χ2n) is 6.68. The van der Waals surface area contributed by atoms with Crippen molar-refractivity contribution in [2.45, 2.75) is 10.9 Å². The van der Waals surface area contributed by atoms with E-state index in [0.717, 1.165) is 6.07 Å². The van der Waals surface area contributed by atoms with Crippen molar-refractivity contribution in [2.75, 3.05) is 40.4 Å². The first-order chi connectivity index (χ1) is 14.3. The summed E-state index contributed by atoms with van der Waals surface area (Å²) in [4.78, 5) is 14.1. The Morgan fingerprint density at radius 1 is 1.10 bits per heavy atom. The molecule has 0 aliphatic carbocycles. The van der Waals surface area contributed by atoms with Crippen molar-refractivity contribution < 1.29 is 27.1 Å². The molecule has 10 heteroatoms. The van der Waals surface area contributed by atoms with Crippen LogP contribution in [0, 0.1) is 5.82 Å². The van der Waals surface area contributed by atoms with Crippen LogP contribution in [0.3, 0.4) is 0 Å². The Morgan fingerprint density at radius 2 is 1.77 bits per heavy atom. The molecule has 0 aromatic heterocycles. The van der Waals surface area contributed by atoms with Crippen LogP contribution < -0.4 is 4.74 Å². The molecule has 1 fully saturated rings. The highest BCUT2D eigenvalue weighted by Crippen LogP contribution is 2.31. The summed E-state index contributed by atoms with van der Waals surface area (Å²) in [6, 6.07) is 9.76. The van der Waals surface area contributed by atoms with E-state index in [1.54, 1.807) is 24.3 Å². The average Bonchev–Trinajstić information content (AvgIpc) is 2.75. The molecule has 0 radical (unpaired) electrons. The Morgan fingerprint density at radius 3 is 2.33 bits per heavy atom. The van der Waals surface area contributed by atoms with E-state index in [1.807, 2.05) is 4.90 Å². The molecule has 1 saturated heterocycles. The number of methoxy groups -OCH3 is 2. The molecule has 162 valence electrons. The van der Waals surface area contributed by atoms with E-state index < -0.39 is 27.9 Å². The maximum atomic E-state index is 14.0. The molecule has 1 aliphatic rings. The van der Waals surface area contributed by atoms with Gasteiger partial charge in [-0.25, -0.2) is 17.6 Å². The fourth-order valence-electron chi connectivity index (χ4n) is 3.44. The fourth-order valence-corrected chi connectivity index (χ4v) is 5.11. The molecule has 0 N–H and O–H groups in total. The second-order valence-corrected chi connectivity index (χ2v) is 9.03. The number of halogens is 2.